The lowest BCUT2D eigenvalue weighted by Gasteiger charge is -2.20. The van der Waals surface area contributed by atoms with Gasteiger partial charge in [0, 0.05) is 12.7 Å². The van der Waals surface area contributed by atoms with Crippen LogP contribution >= 0.6 is 0 Å². The Balaban J connectivity index is 1.83. The Bertz CT molecular complexity index is 800. The van der Waals surface area contributed by atoms with Gasteiger partial charge in [0.15, 0.2) is 0 Å². The van der Waals surface area contributed by atoms with Crippen LogP contribution in [-0.2, 0) is 25.9 Å². The predicted molar refractivity (Wildman–Crippen MR) is 74.6 cm³/mol. The van der Waals surface area contributed by atoms with Gasteiger partial charge in [0.25, 0.3) is 0 Å². The van der Waals surface area contributed by atoms with E-state index in [1.54, 1.807) is 12.3 Å². The highest BCUT2D eigenvalue weighted by Gasteiger charge is 2.43. The number of nitrogens with zero attached hydrogens (tertiary/aromatic N) is 4. The van der Waals surface area contributed by atoms with Crippen LogP contribution in [-0.4, -0.2) is 63.8 Å². The van der Waals surface area contributed by atoms with Crippen molar-refractivity contribution in [1.82, 2.24) is 19.7 Å². The summed E-state index contributed by atoms with van der Waals surface area (Å²) in [6.07, 6.45) is 4.72. The lowest BCUT2D eigenvalue weighted by molar-refractivity contribution is -0.117. The van der Waals surface area contributed by atoms with Crippen LogP contribution in [0.4, 0.5) is 4.79 Å². The molecule has 3 amide bonds. The van der Waals surface area contributed by atoms with Crippen LogP contribution in [0.2, 0.25) is 0 Å². The summed E-state index contributed by atoms with van der Waals surface area (Å²) in [4.78, 5) is 24.3. The monoisotopic (exact) mass is 343 g/mol. The molecule has 12 heteroatoms. The van der Waals surface area contributed by atoms with Gasteiger partial charge in [0.1, 0.15) is 6.04 Å². The van der Waals surface area contributed by atoms with Crippen LogP contribution in [0.5, 0.6) is 0 Å². The number of carbonyl (C=O) groups excluding carboxylic acids is 2. The summed E-state index contributed by atoms with van der Waals surface area (Å²) in [7, 11) is -4.80. The second-order valence-corrected chi connectivity index (χ2v) is 6.16. The number of primary amides is 1. The zero-order valence-corrected chi connectivity index (χ0v) is 12.5. The number of nitrogens with two attached hydrogens (primary N) is 1. The number of aromatic nitrogens is 2. The maximum Gasteiger partial charge on any atom is 0.418 e. The van der Waals surface area contributed by atoms with Crippen LogP contribution in [0.15, 0.2) is 18.5 Å². The molecule has 0 aromatic carbocycles. The van der Waals surface area contributed by atoms with Gasteiger partial charge in [0.05, 0.1) is 24.9 Å². The molecule has 1 saturated heterocycles. The van der Waals surface area contributed by atoms with Crippen LogP contribution < -0.4 is 5.73 Å². The third-order valence-electron chi connectivity index (χ3n) is 3.39. The molecule has 3 heterocycles. The molecule has 1 atom stereocenters. The van der Waals surface area contributed by atoms with Crippen molar-refractivity contribution in [3.8, 4) is 0 Å². The van der Waals surface area contributed by atoms with E-state index < -0.39 is 28.4 Å². The van der Waals surface area contributed by atoms with E-state index in [2.05, 4.69) is 9.38 Å². The third kappa shape index (κ3) is 3.18. The zero-order chi connectivity index (χ0) is 16.8. The summed E-state index contributed by atoms with van der Waals surface area (Å²) in [5.41, 5.74) is 6.33. The van der Waals surface area contributed by atoms with Crippen LogP contribution in [0.25, 0.3) is 5.70 Å². The first-order valence-corrected chi connectivity index (χ1v) is 7.87. The Morgan fingerprint density at radius 3 is 2.91 bits per heavy atom. The molecule has 1 aromatic rings. The fourth-order valence-electron chi connectivity index (χ4n) is 2.53. The molecular formula is C11H13N5O6S. The molecule has 23 heavy (non-hydrogen) atoms. The molecule has 0 radical (unpaired) electrons. The summed E-state index contributed by atoms with van der Waals surface area (Å²) in [6, 6.07) is -1.36. The van der Waals surface area contributed by atoms with Gasteiger partial charge in [0.2, 0.25) is 5.91 Å². The first-order chi connectivity index (χ1) is 10.7. The van der Waals surface area contributed by atoms with Crippen molar-refractivity contribution in [2.75, 3.05) is 13.1 Å². The fourth-order valence-corrected chi connectivity index (χ4v) is 2.91. The van der Waals surface area contributed by atoms with Gasteiger partial charge in [-0.3, -0.25) is 9.35 Å². The van der Waals surface area contributed by atoms with Crippen molar-refractivity contribution in [1.29, 1.82) is 0 Å². The van der Waals surface area contributed by atoms with Crippen molar-refractivity contribution >= 4 is 28.0 Å². The van der Waals surface area contributed by atoms with Gasteiger partial charge in [-0.1, -0.05) is 0 Å². The second kappa shape index (κ2) is 5.33. The van der Waals surface area contributed by atoms with E-state index in [9.17, 15) is 18.0 Å². The number of rotatable bonds is 5. The van der Waals surface area contributed by atoms with Gasteiger partial charge < -0.3 is 10.6 Å². The lowest BCUT2D eigenvalue weighted by Crippen LogP contribution is -2.35. The normalized spacial score (nSPS) is 20.8. The SMILES string of the molecule is NC(=O)Cc1cnn(C2=CC3CN(C2)C(=O)N3OS(=O)(=O)O)c1. The number of urea groups is 1. The van der Waals surface area contributed by atoms with E-state index in [1.165, 1.54) is 15.8 Å². The summed E-state index contributed by atoms with van der Waals surface area (Å²) in [5, 5.41) is 4.68. The number of amides is 3. The largest absolute Gasteiger partial charge is 0.418 e. The Morgan fingerprint density at radius 1 is 1.52 bits per heavy atom. The van der Waals surface area contributed by atoms with Gasteiger partial charge in [-0.05, 0) is 11.6 Å². The molecule has 3 N–H and O–H groups in total. The van der Waals surface area contributed by atoms with Crippen molar-refractivity contribution in [2.45, 2.75) is 12.5 Å². The van der Waals surface area contributed by atoms with Crippen LogP contribution in [0.3, 0.4) is 0 Å². The molecular weight excluding hydrogens is 330 g/mol. The van der Waals surface area contributed by atoms with E-state index in [1.807, 2.05) is 0 Å². The average molecular weight is 343 g/mol. The molecule has 2 aliphatic heterocycles. The highest BCUT2D eigenvalue weighted by Crippen LogP contribution is 2.27. The predicted octanol–water partition coefficient (Wildman–Crippen LogP) is -1.39. The molecule has 124 valence electrons. The molecule has 2 aliphatic rings. The third-order valence-corrected chi connectivity index (χ3v) is 3.74. The topological polar surface area (TPSA) is 148 Å². The first-order valence-electron chi connectivity index (χ1n) is 6.51. The van der Waals surface area contributed by atoms with Crippen molar-refractivity contribution < 1.29 is 26.8 Å². The van der Waals surface area contributed by atoms with E-state index >= 15 is 0 Å². The summed E-state index contributed by atoms with van der Waals surface area (Å²) >= 11 is 0. The number of carbonyl (C=O) groups is 2. The van der Waals surface area contributed by atoms with Crippen molar-refractivity contribution in [3.05, 3.63) is 24.0 Å². The van der Waals surface area contributed by atoms with Crippen LogP contribution in [0.1, 0.15) is 5.56 Å². The molecule has 1 aromatic heterocycles. The Labute approximate surface area is 130 Å². The Kier molecular flexibility index (Phi) is 3.58. The lowest BCUT2D eigenvalue weighted by atomic mass is 10.2. The Morgan fingerprint density at radius 2 is 2.26 bits per heavy atom. The minimum atomic E-state index is -4.80. The second-order valence-electron chi connectivity index (χ2n) is 5.15. The maximum absolute atomic E-state index is 12.0. The highest BCUT2D eigenvalue weighted by atomic mass is 32.3. The van der Waals surface area contributed by atoms with Gasteiger partial charge in [-0.15, -0.1) is 4.28 Å². The number of hydroxylamine groups is 2. The van der Waals surface area contributed by atoms with Crippen molar-refractivity contribution in [3.63, 3.8) is 0 Å². The standard InChI is InChI=1S/C11H13N5O6S/c12-10(17)1-7-3-13-15(4-7)8-2-9-6-14(5-8)11(18)16(9)22-23(19,20)21/h2-4,9H,1,5-6H2,(H2,12,17)(H,19,20,21). The Hall–Kier alpha value is -2.44. The molecule has 2 bridgehead atoms. The summed E-state index contributed by atoms with van der Waals surface area (Å²) in [6.45, 7) is 0.408. The van der Waals surface area contributed by atoms with E-state index in [4.69, 9.17) is 10.3 Å². The highest BCUT2D eigenvalue weighted by molar-refractivity contribution is 7.80. The minimum absolute atomic E-state index is 0.0390. The maximum atomic E-state index is 12.0. The first kappa shape index (κ1) is 15.5. The van der Waals surface area contributed by atoms with E-state index in [-0.39, 0.29) is 19.5 Å². The van der Waals surface area contributed by atoms with Crippen LogP contribution in [0, 0.1) is 0 Å². The van der Waals surface area contributed by atoms with Gasteiger partial charge in [-0.2, -0.15) is 18.6 Å². The summed E-state index contributed by atoms with van der Waals surface area (Å²) < 4.78 is 36.2. The van der Waals surface area contributed by atoms with E-state index in [0.717, 1.165) is 0 Å². The summed E-state index contributed by atoms with van der Waals surface area (Å²) in [5.74, 6) is -0.492. The molecule has 0 spiro atoms. The number of hydrogen-bond acceptors (Lipinski definition) is 6. The number of fused-ring (bicyclic) bond motifs is 2. The zero-order valence-electron chi connectivity index (χ0n) is 11.7. The molecule has 0 saturated carbocycles. The molecule has 1 fully saturated rings. The van der Waals surface area contributed by atoms with Gasteiger partial charge in [-0.25, -0.2) is 9.48 Å². The molecule has 3 rings (SSSR count). The quantitative estimate of drug-likeness (QED) is 0.625. The van der Waals surface area contributed by atoms with Crippen molar-refractivity contribution in [2.24, 2.45) is 5.73 Å². The van der Waals surface area contributed by atoms with Gasteiger partial charge >= 0.3 is 16.4 Å². The van der Waals surface area contributed by atoms with E-state index in [0.29, 0.717) is 16.3 Å². The minimum Gasteiger partial charge on any atom is -0.369 e. The fraction of sp³-hybridized carbons (Fsp3) is 0.364. The average Bonchev–Trinajstić information content (AvgIpc) is 2.97. The number of hydrogen-bond donors (Lipinski definition) is 2. The molecule has 11 nitrogen and oxygen atoms in total. The smallest absolute Gasteiger partial charge is 0.369 e. The molecule has 1 unspecified atom stereocenters. The molecule has 0 aliphatic carbocycles.